The topological polar surface area (TPSA) is 96.8 Å². The van der Waals surface area contributed by atoms with Gasteiger partial charge in [0.05, 0.1) is 28.6 Å². The minimum absolute atomic E-state index is 0.0956. The van der Waals surface area contributed by atoms with Gasteiger partial charge in [-0.05, 0) is 105 Å². The number of fused-ring (bicyclic) bond motifs is 2. The van der Waals surface area contributed by atoms with E-state index >= 15 is 4.39 Å². The van der Waals surface area contributed by atoms with Crippen molar-refractivity contribution in [2.24, 2.45) is 0 Å². The van der Waals surface area contributed by atoms with Gasteiger partial charge in [-0.15, -0.1) is 0 Å². The zero-order valence-electron chi connectivity index (χ0n) is 26.5. The van der Waals surface area contributed by atoms with Gasteiger partial charge in [-0.3, -0.25) is 10.6 Å². The summed E-state index contributed by atoms with van der Waals surface area (Å²) in [6.07, 6.45) is 4.21. The predicted molar refractivity (Wildman–Crippen MR) is 174 cm³/mol. The van der Waals surface area contributed by atoms with Crippen molar-refractivity contribution in [2.45, 2.75) is 72.4 Å². The Kier molecular flexibility index (Phi) is 11.1. The molecular formula is C34H44F2N6O2. The molecule has 2 heterocycles. The number of likely N-dealkylation sites (tertiary alicyclic amines) is 1. The fourth-order valence-electron chi connectivity index (χ4n) is 5.69. The van der Waals surface area contributed by atoms with E-state index in [0.717, 1.165) is 53.9 Å². The van der Waals surface area contributed by atoms with E-state index in [9.17, 15) is 14.7 Å². The summed E-state index contributed by atoms with van der Waals surface area (Å²) in [7, 11) is 2.11. The zero-order valence-corrected chi connectivity index (χ0v) is 26.5. The summed E-state index contributed by atoms with van der Waals surface area (Å²) in [4.78, 5) is 11.3. The van der Waals surface area contributed by atoms with Crippen molar-refractivity contribution in [3.05, 3.63) is 77.0 Å². The van der Waals surface area contributed by atoms with E-state index in [-0.39, 0.29) is 11.3 Å². The Labute approximate surface area is 258 Å². The van der Waals surface area contributed by atoms with Crippen LogP contribution in [0.3, 0.4) is 0 Å². The second-order valence-electron chi connectivity index (χ2n) is 10.8. The van der Waals surface area contributed by atoms with Crippen LogP contribution in [-0.4, -0.2) is 51.4 Å². The standard InChI is InChI=1S/C30H32F2N6O2.2C2H6/c1-17-13-22-21(4-8-27(22)39)26(14-17)38(40)36-25-7-5-23(31)28(29(25)32)18-3-6-24-19(15-18)16-33-30(35-24)34-20-9-11-37(2)12-10-20;2*1-2/h3,5-7,13-16,20,27,36,39-40H,4,8-12H2,1-2H3,(H,33,34,35);2*1-2H3. The van der Waals surface area contributed by atoms with Crippen molar-refractivity contribution in [1.29, 1.82) is 0 Å². The van der Waals surface area contributed by atoms with Gasteiger partial charge in [-0.2, -0.15) is 5.17 Å². The van der Waals surface area contributed by atoms with Gasteiger partial charge >= 0.3 is 0 Å². The van der Waals surface area contributed by atoms with Gasteiger partial charge in [-0.1, -0.05) is 39.8 Å². The molecule has 1 atom stereocenters. The van der Waals surface area contributed by atoms with Crippen molar-refractivity contribution in [1.82, 2.24) is 14.9 Å². The maximum Gasteiger partial charge on any atom is 0.223 e. The molecule has 1 aromatic heterocycles. The summed E-state index contributed by atoms with van der Waals surface area (Å²) in [6.45, 7) is 11.9. The molecule has 1 fully saturated rings. The molecule has 0 saturated carbocycles. The van der Waals surface area contributed by atoms with Crippen molar-refractivity contribution in [3.63, 3.8) is 0 Å². The van der Waals surface area contributed by atoms with E-state index in [1.165, 1.54) is 6.07 Å². The molecule has 1 saturated heterocycles. The Morgan fingerprint density at radius 1 is 0.977 bits per heavy atom. The summed E-state index contributed by atoms with van der Waals surface area (Å²) in [6, 6.07) is 11.4. The lowest BCUT2D eigenvalue weighted by molar-refractivity contribution is 0.180. The lowest BCUT2D eigenvalue weighted by Gasteiger charge is -2.29. The van der Waals surface area contributed by atoms with Crippen molar-refractivity contribution in [2.75, 3.05) is 36.1 Å². The summed E-state index contributed by atoms with van der Waals surface area (Å²) in [5.74, 6) is -1.03. The van der Waals surface area contributed by atoms with E-state index in [0.29, 0.717) is 47.0 Å². The summed E-state index contributed by atoms with van der Waals surface area (Å²) < 4.78 is 30.7. The van der Waals surface area contributed by atoms with E-state index in [1.807, 2.05) is 40.7 Å². The minimum Gasteiger partial charge on any atom is -0.388 e. The molecular weight excluding hydrogens is 562 g/mol. The highest BCUT2D eigenvalue weighted by Crippen LogP contribution is 2.39. The fourth-order valence-corrected chi connectivity index (χ4v) is 5.69. The molecule has 3 aromatic carbocycles. The largest absolute Gasteiger partial charge is 0.388 e. The molecule has 1 aliphatic carbocycles. The molecule has 236 valence electrons. The first-order valence-electron chi connectivity index (χ1n) is 15.5. The third-order valence-corrected chi connectivity index (χ3v) is 7.90. The molecule has 0 bridgehead atoms. The highest BCUT2D eigenvalue weighted by atomic mass is 19.1. The van der Waals surface area contributed by atoms with Crippen LogP contribution in [-0.2, 0) is 6.42 Å². The maximum atomic E-state index is 15.7. The number of hydrogen-bond donors (Lipinski definition) is 4. The summed E-state index contributed by atoms with van der Waals surface area (Å²) in [5.41, 5.74) is 6.13. The number of aliphatic hydroxyl groups excluding tert-OH is 1. The Balaban J connectivity index is 0.00000106. The van der Waals surface area contributed by atoms with Crippen molar-refractivity contribution in [3.8, 4) is 11.1 Å². The number of anilines is 3. The van der Waals surface area contributed by atoms with Crippen LogP contribution in [0.5, 0.6) is 0 Å². The van der Waals surface area contributed by atoms with Crippen LogP contribution in [0.2, 0.25) is 0 Å². The molecule has 0 amide bonds. The monoisotopic (exact) mass is 606 g/mol. The van der Waals surface area contributed by atoms with Gasteiger partial charge in [0, 0.05) is 17.6 Å². The van der Waals surface area contributed by atoms with Crippen LogP contribution in [0.25, 0.3) is 22.0 Å². The normalized spacial score (nSPS) is 16.4. The average Bonchev–Trinajstić information content (AvgIpc) is 3.41. The summed E-state index contributed by atoms with van der Waals surface area (Å²) >= 11 is 0. The van der Waals surface area contributed by atoms with E-state index in [1.54, 1.807) is 30.5 Å². The fraction of sp³-hybridized carbons (Fsp3) is 0.412. The quantitative estimate of drug-likeness (QED) is 0.166. The number of aryl methyl sites for hydroxylation is 1. The number of aromatic nitrogens is 2. The Hall–Kier alpha value is -3.86. The van der Waals surface area contributed by atoms with Gasteiger partial charge in [0.25, 0.3) is 0 Å². The number of nitrogens with zero attached hydrogens (tertiary/aromatic N) is 4. The number of aliphatic hydroxyl groups is 1. The molecule has 10 heteroatoms. The first kappa shape index (κ1) is 33.0. The van der Waals surface area contributed by atoms with Crippen LogP contribution in [0.1, 0.15) is 69.8 Å². The lowest BCUT2D eigenvalue weighted by atomic mass is 10.0. The molecule has 0 spiro atoms. The first-order chi connectivity index (χ1) is 21.3. The van der Waals surface area contributed by atoms with Crippen molar-refractivity contribution >= 4 is 28.2 Å². The molecule has 1 unspecified atom stereocenters. The van der Waals surface area contributed by atoms with Crippen LogP contribution in [0.15, 0.2) is 48.7 Å². The van der Waals surface area contributed by atoms with Crippen LogP contribution < -0.4 is 15.9 Å². The van der Waals surface area contributed by atoms with E-state index in [2.05, 4.69) is 32.7 Å². The van der Waals surface area contributed by atoms with Gasteiger partial charge in [0.1, 0.15) is 5.82 Å². The van der Waals surface area contributed by atoms with Gasteiger partial charge in [0.2, 0.25) is 5.95 Å². The molecule has 6 rings (SSSR count). The SMILES string of the molecule is CC.CC.Cc1cc2c(c(N(O)Nc3ccc(F)c(-c4ccc5nc(NC6CCN(C)CC6)ncc5c4)c3F)c1)CCC2O. The molecule has 44 heavy (non-hydrogen) atoms. The van der Waals surface area contributed by atoms with E-state index in [4.69, 9.17) is 0 Å². The molecule has 4 aromatic rings. The Morgan fingerprint density at radius 2 is 1.70 bits per heavy atom. The van der Waals surface area contributed by atoms with E-state index < -0.39 is 17.7 Å². The number of hydrogen-bond acceptors (Lipinski definition) is 8. The molecule has 8 nitrogen and oxygen atoms in total. The zero-order chi connectivity index (χ0) is 32.0. The number of piperidine rings is 1. The Bertz CT molecular complexity index is 1580. The Morgan fingerprint density at radius 3 is 2.43 bits per heavy atom. The number of halogens is 2. The lowest BCUT2D eigenvalue weighted by Crippen LogP contribution is -2.37. The number of benzene rings is 3. The highest BCUT2D eigenvalue weighted by molar-refractivity contribution is 5.85. The second kappa shape index (κ2) is 14.7. The third-order valence-electron chi connectivity index (χ3n) is 7.90. The first-order valence-corrected chi connectivity index (χ1v) is 15.5. The molecule has 4 N–H and O–H groups in total. The van der Waals surface area contributed by atoms with Crippen molar-refractivity contribution < 1.29 is 19.1 Å². The number of hydrazine groups is 1. The smallest absolute Gasteiger partial charge is 0.223 e. The minimum atomic E-state index is -0.843. The molecule has 2 aliphatic rings. The van der Waals surface area contributed by atoms with Gasteiger partial charge in [0.15, 0.2) is 5.82 Å². The van der Waals surface area contributed by atoms with Crippen LogP contribution in [0.4, 0.5) is 26.1 Å². The van der Waals surface area contributed by atoms with Crippen LogP contribution >= 0.6 is 0 Å². The average molecular weight is 607 g/mol. The highest BCUT2D eigenvalue weighted by Gasteiger charge is 2.26. The number of nitrogens with one attached hydrogen (secondary N) is 2. The third kappa shape index (κ3) is 7.09. The van der Waals surface area contributed by atoms with Gasteiger partial charge in [-0.25, -0.2) is 18.7 Å². The summed E-state index contributed by atoms with van der Waals surface area (Å²) in [5, 5.41) is 25.9. The van der Waals surface area contributed by atoms with Crippen LogP contribution in [0, 0.1) is 18.6 Å². The molecule has 1 aliphatic heterocycles. The maximum absolute atomic E-state index is 15.7. The predicted octanol–water partition coefficient (Wildman–Crippen LogP) is 7.64. The molecule has 0 radical (unpaired) electrons. The number of rotatable bonds is 6. The van der Waals surface area contributed by atoms with Gasteiger partial charge < -0.3 is 15.3 Å². The second-order valence-corrected chi connectivity index (χ2v) is 10.8.